The maximum absolute atomic E-state index is 12.5. The number of nitrogens with zero attached hydrogens (tertiary/aromatic N) is 1. The molecule has 0 saturated heterocycles. The van der Waals surface area contributed by atoms with Crippen LogP contribution in [0.25, 0.3) is 0 Å². The number of hydrogen-bond acceptors (Lipinski definition) is 3. The van der Waals surface area contributed by atoms with Gasteiger partial charge in [0.15, 0.2) is 0 Å². The van der Waals surface area contributed by atoms with Gasteiger partial charge >= 0.3 is 0 Å². The van der Waals surface area contributed by atoms with Crippen LogP contribution in [0.15, 0.2) is 30.0 Å². The second kappa shape index (κ2) is 6.89. The summed E-state index contributed by atoms with van der Waals surface area (Å²) in [5.74, 6) is 0.846. The highest BCUT2D eigenvalue weighted by Crippen LogP contribution is 2.27. The van der Waals surface area contributed by atoms with Gasteiger partial charge in [0.1, 0.15) is 5.82 Å². The van der Waals surface area contributed by atoms with Gasteiger partial charge in [-0.1, -0.05) is 18.2 Å². The first-order chi connectivity index (χ1) is 10.3. The number of ether oxygens (including phenoxy) is 1. The van der Waals surface area contributed by atoms with Crippen molar-refractivity contribution in [2.45, 2.75) is 51.0 Å². The van der Waals surface area contributed by atoms with Crippen LogP contribution in [0.2, 0.25) is 0 Å². The van der Waals surface area contributed by atoms with Crippen LogP contribution < -0.4 is 4.72 Å². The van der Waals surface area contributed by atoms with E-state index in [1.54, 1.807) is 13.3 Å². The van der Waals surface area contributed by atoms with Gasteiger partial charge in [0, 0.05) is 7.11 Å². The van der Waals surface area contributed by atoms with E-state index in [0.29, 0.717) is 0 Å². The number of imidazole rings is 1. The molecule has 1 aliphatic rings. The molecule has 22 heavy (non-hydrogen) atoms. The molecule has 3 atom stereocenters. The highest BCUT2D eigenvalue weighted by molar-refractivity contribution is 7.84. The van der Waals surface area contributed by atoms with E-state index in [0.717, 1.165) is 23.5 Å². The van der Waals surface area contributed by atoms with Crippen molar-refractivity contribution >= 4 is 11.0 Å². The molecule has 0 radical (unpaired) electrons. The Bertz CT molecular complexity index is 599. The maximum atomic E-state index is 12.5. The van der Waals surface area contributed by atoms with Crippen LogP contribution >= 0.6 is 0 Å². The fourth-order valence-electron chi connectivity index (χ4n) is 2.19. The fourth-order valence-corrected chi connectivity index (χ4v) is 3.02. The van der Waals surface area contributed by atoms with Crippen molar-refractivity contribution in [2.75, 3.05) is 7.11 Å². The molecule has 0 fully saturated rings. The summed E-state index contributed by atoms with van der Waals surface area (Å²) in [4.78, 5) is 7.50. The standard InChI is InChI=1S/C16H25N3O2S/c1-11-17-10-14(18-11)15(19-22(20)16(2,3)4)12-6-8-13(21-5)9-7-12/h6-8,10,13,15,19H,9H2,1-5H3,(H,17,18). The number of H-pyrrole nitrogens is 1. The third kappa shape index (κ3) is 4.15. The average Bonchev–Trinajstić information content (AvgIpc) is 2.90. The molecule has 1 heterocycles. The summed E-state index contributed by atoms with van der Waals surface area (Å²) < 4.78 is 20.7. The van der Waals surface area contributed by atoms with Crippen molar-refractivity contribution in [3.05, 3.63) is 41.5 Å². The largest absolute Gasteiger partial charge is 0.377 e. The fraction of sp³-hybridized carbons (Fsp3) is 0.562. The lowest BCUT2D eigenvalue weighted by molar-refractivity contribution is 0.142. The van der Waals surface area contributed by atoms with Crippen LogP contribution in [-0.4, -0.2) is 32.1 Å². The smallest absolute Gasteiger partial charge is 0.103 e. The molecule has 3 unspecified atom stereocenters. The molecule has 1 aromatic rings. The van der Waals surface area contributed by atoms with Gasteiger partial charge in [-0.25, -0.2) is 13.9 Å². The van der Waals surface area contributed by atoms with Gasteiger partial charge in [-0.2, -0.15) is 0 Å². The van der Waals surface area contributed by atoms with Gasteiger partial charge in [0.05, 0.1) is 39.8 Å². The molecule has 0 spiro atoms. The van der Waals surface area contributed by atoms with Crippen molar-refractivity contribution in [3.63, 3.8) is 0 Å². The summed E-state index contributed by atoms with van der Waals surface area (Å²) in [5, 5.41) is 0. The first kappa shape index (κ1) is 17.1. The van der Waals surface area contributed by atoms with Crippen LogP contribution in [-0.2, 0) is 15.7 Å². The minimum atomic E-state index is -1.17. The number of aryl methyl sites for hydroxylation is 1. The highest BCUT2D eigenvalue weighted by Gasteiger charge is 2.27. The Hall–Kier alpha value is -1.24. The van der Waals surface area contributed by atoms with E-state index in [4.69, 9.17) is 4.74 Å². The second-order valence-electron chi connectivity index (χ2n) is 6.43. The van der Waals surface area contributed by atoms with Gasteiger partial charge in [0.25, 0.3) is 0 Å². The number of aromatic amines is 1. The molecule has 1 aliphatic carbocycles. The Balaban J connectivity index is 2.25. The molecule has 0 bridgehead atoms. The van der Waals surface area contributed by atoms with Crippen LogP contribution in [0, 0.1) is 6.92 Å². The van der Waals surface area contributed by atoms with Crippen molar-refractivity contribution in [3.8, 4) is 0 Å². The number of hydrogen-bond donors (Lipinski definition) is 2. The quantitative estimate of drug-likeness (QED) is 0.875. The number of aromatic nitrogens is 2. The molecule has 122 valence electrons. The highest BCUT2D eigenvalue weighted by atomic mass is 32.2. The summed E-state index contributed by atoms with van der Waals surface area (Å²) in [7, 11) is 0.530. The predicted octanol–water partition coefficient (Wildman–Crippen LogP) is 2.71. The minimum Gasteiger partial charge on any atom is -0.377 e. The van der Waals surface area contributed by atoms with Crippen LogP contribution in [0.4, 0.5) is 0 Å². The molecular formula is C16H25N3O2S. The van der Waals surface area contributed by atoms with E-state index >= 15 is 0 Å². The molecule has 5 nitrogen and oxygen atoms in total. The first-order valence-electron chi connectivity index (χ1n) is 7.42. The maximum Gasteiger partial charge on any atom is 0.103 e. The SMILES string of the molecule is COC1C=CC(C(NS(=O)C(C)(C)C)c2cnc(C)[nH]2)=CC1. The molecule has 2 rings (SSSR count). The van der Waals surface area contributed by atoms with Gasteiger partial charge in [-0.3, -0.25) is 0 Å². The Morgan fingerprint density at radius 2 is 2.23 bits per heavy atom. The summed E-state index contributed by atoms with van der Waals surface area (Å²) in [6.07, 6.45) is 8.92. The zero-order valence-corrected chi connectivity index (χ0v) is 14.7. The average molecular weight is 323 g/mol. The van der Waals surface area contributed by atoms with Crippen LogP contribution in [0.3, 0.4) is 0 Å². The Kier molecular flexibility index (Phi) is 5.36. The number of nitrogens with one attached hydrogen (secondary N) is 2. The minimum absolute atomic E-state index is 0.112. The van der Waals surface area contributed by atoms with Gasteiger partial charge < -0.3 is 9.72 Å². The monoisotopic (exact) mass is 323 g/mol. The second-order valence-corrected chi connectivity index (χ2v) is 8.43. The molecule has 0 amide bonds. The number of rotatable bonds is 5. The van der Waals surface area contributed by atoms with E-state index in [1.165, 1.54) is 0 Å². The van der Waals surface area contributed by atoms with E-state index < -0.39 is 11.0 Å². The normalized spacial score (nSPS) is 21.5. The predicted molar refractivity (Wildman–Crippen MR) is 89.7 cm³/mol. The lowest BCUT2D eigenvalue weighted by atomic mass is 9.97. The summed E-state index contributed by atoms with van der Waals surface area (Å²) in [6.45, 7) is 7.78. The van der Waals surface area contributed by atoms with E-state index in [-0.39, 0.29) is 16.9 Å². The topological polar surface area (TPSA) is 67.0 Å². The van der Waals surface area contributed by atoms with E-state index in [9.17, 15) is 4.21 Å². The van der Waals surface area contributed by atoms with Crippen LogP contribution in [0.1, 0.15) is 44.8 Å². The molecular weight excluding hydrogens is 298 g/mol. The van der Waals surface area contributed by atoms with Gasteiger partial charge in [0.2, 0.25) is 0 Å². The Morgan fingerprint density at radius 1 is 1.50 bits per heavy atom. The Labute approximate surface area is 134 Å². The molecule has 0 saturated carbocycles. The molecule has 0 aliphatic heterocycles. The summed E-state index contributed by atoms with van der Waals surface area (Å²) >= 11 is 0. The summed E-state index contributed by atoms with van der Waals surface area (Å²) in [6, 6.07) is -0.171. The summed E-state index contributed by atoms with van der Waals surface area (Å²) in [5.41, 5.74) is 2.00. The van der Waals surface area contributed by atoms with Crippen LogP contribution in [0.5, 0.6) is 0 Å². The third-order valence-corrected chi connectivity index (χ3v) is 5.10. The molecule has 1 aromatic heterocycles. The number of methoxy groups -OCH3 is 1. The Morgan fingerprint density at radius 3 is 2.68 bits per heavy atom. The van der Waals surface area contributed by atoms with E-state index in [1.807, 2.05) is 39.8 Å². The van der Waals surface area contributed by atoms with Crippen molar-refractivity contribution in [1.29, 1.82) is 0 Å². The molecule has 2 N–H and O–H groups in total. The lowest BCUT2D eigenvalue weighted by Gasteiger charge is -2.26. The van der Waals surface area contributed by atoms with Crippen molar-refractivity contribution in [2.24, 2.45) is 0 Å². The van der Waals surface area contributed by atoms with Gasteiger partial charge in [-0.05, 0) is 39.7 Å². The molecule has 6 heteroatoms. The zero-order chi connectivity index (χ0) is 16.3. The molecule has 0 aromatic carbocycles. The van der Waals surface area contributed by atoms with E-state index in [2.05, 4.69) is 20.8 Å². The zero-order valence-electron chi connectivity index (χ0n) is 13.8. The lowest BCUT2D eigenvalue weighted by Crippen LogP contribution is -2.36. The van der Waals surface area contributed by atoms with Crippen molar-refractivity contribution in [1.82, 2.24) is 14.7 Å². The first-order valence-corrected chi connectivity index (χ1v) is 8.57. The van der Waals surface area contributed by atoms with Crippen molar-refractivity contribution < 1.29 is 8.95 Å². The van der Waals surface area contributed by atoms with Gasteiger partial charge in [-0.15, -0.1) is 0 Å². The third-order valence-electron chi connectivity index (χ3n) is 3.54.